The van der Waals surface area contributed by atoms with Crippen LogP contribution in [0.2, 0.25) is 0 Å². The largest absolute Gasteiger partial charge is 0.497 e. The highest BCUT2D eigenvalue weighted by Gasteiger charge is 2.32. The van der Waals surface area contributed by atoms with Gasteiger partial charge in [-0.2, -0.15) is 0 Å². The van der Waals surface area contributed by atoms with Crippen LogP contribution in [0, 0.1) is 11.6 Å². The highest BCUT2D eigenvalue weighted by Crippen LogP contribution is 2.18. The Bertz CT molecular complexity index is 840. The van der Waals surface area contributed by atoms with Crippen molar-refractivity contribution in [1.29, 1.82) is 0 Å². The zero-order chi connectivity index (χ0) is 19.4. The fourth-order valence-electron chi connectivity index (χ4n) is 3.08. The van der Waals surface area contributed by atoms with Crippen LogP contribution in [0.4, 0.5) is 8.78 Å². The molecule has 1 heterocycles. The molecule has 27 heavy (non-hydrogen) atoms. The van der Waals surface area contributed by atoms with Crippen molar-refractivity contribution in [3.63, 3.8) is 0 Å². The van der Waals surface area contributed by atoms with Gasteiger partial charge in [0.1, 0.15) is 23.4 Å². The van der Waals surface area contributed by atoms with Crippen molar-refractivity contribution in [1.82, 2.24) is 10.2 Å². The molecule has 1 atom stereocenters. The van der Waals surface area contributed by atoms with Gasteiger partial charge in [0.25, 0.3) is 0 Å². The number of rotatable bonds is 6. The molecule has 1 N–H and O–H groups in total. The van der Waals surface area contributed by atoms with Gasteiger partial charge >= 0.3 is 0 Å². The van der Waals surface area contributed by atoms with Crippen LogP contribution in [-0.4, -0.2) is 36.4 Å². The van der Waals surface area contributed by atoms with Gasteiger partial charge in [0.05, 0.1) is 13.5 Å². The van der Waals surface area contributed by atoms with Crippen LogP contribution in [0.5, 0.6) is 5.75 Å². The van der Waals surface area contributed by atoms with Gasteiger partial charge in [0.15, 0.2) is 0 Å². The Morgan fingerprint density at radius 1 is 1.22 bits per heavy atom. The van der Waals surface area contributed by atoms with E-state index in [1.807, 2.05) is 24.3 Å². The second-order valence-electron chi connectivity index (χ2n) is 6.43. The first-order chi connectivity index (χ1) is 13.0. The molecule has 5 nitrogen and oxygen atoms in total. The summed E-state index contributed by atoms with van der Waals surface area (Å²) < 4.78 is 32.0. The van der Waals surface area contributed by atoms with Gasteiger partial charge in [-0.3, -0.25) is 9.59 Å². The maximum absolute atomic E-state index is 13.6. The Hall–Kier alpha value is -2.96. The lowest BCUT2D eigenvalue weighted by atomic mass is 10.1. The van der Waals surface area contributed by atoms with E-state index in [0.717, 1.165) is 29.5 Å². The summed E-state index contributed by atoms with van der Waals surface area (Å²) >= 11 is 0. The molecule has 1 unspecified atom stereocenters. The number of carbonyl (C=O) groups excluding carboxylic acids is 2. The summed E-state index contributed by atoms with van der Waals surface area (Å²) in [7, 11) is 1.59. The third kappa shape index (κ3) is 4.61. The average Bonchev–Trinajstić information content (AvgIpc) is 2.98. The number of methoxy groups -OCH3 is 1. The van der Waals surface area contributed by atoms with Crippen LogP contribution in [0.3, 0.4) is 0 Å². The molecule has 0 radical (unpaired) electrons. The van der Waals surface area contributed by atoms with Crippen LogP contribution >= 0.6 is 0 Å². The lowest BCUT2D eigenvalue weighted by Gasteiger charge is -2.17. The molecule has 0 aliphatic carbocycles. The van der Waals surface area contributed by atoms with E-state index in [-0.39, 0.29) is 17.9 Å². The van der Waals surface area contributed by atoms with Crippen molar-refractivity contribution < 1.29 is 23.1 Å². The molecule has 1 fully saturated rings. The summed E-state index contributed by atoms with van der Waals surface area (Å²) in [6, 6.07) is 9.72. The highest BCUT2D eigenvalue weighted by molar-refractivity contribution is 5.89. The van der Waals surface area contributed by atoms with Crippen molar-refractivity contribution in [3.05, 3.63) is 65.2 Å². The lowest BCUT2D eigenvalue weighted by molar-refractivity contribution is -0.132. The fraction of sp³-hybridized carbons (Fsp3) is 0.300. The molecule has 2 aromatic carbocycles. The maximum atomic E-state index is 13.6. The average molecular weight is 374 g/mol. The molecule has 0 bridgehead atoms. The fourth-order valence-corrected chi connectivity index (χ4v) is 3.08. The number of nitrogens with zero attached hydrogens (tertiary/aromatic N) is 1. The summed E-state index contributed by atoms with van der Waals surface area (Å²) in [6.07, 6.45) is 0.165. The quantitative estimate of drug-likeness (QED) is 0.845. The van der Waals surface area contributed by atoms with E-state index in [2.05, 4.69) is 5.32 Å². The Kier molecular flexibility index (Phi) is 5.69. The smallest absolute Gasteiger partial charge is 0.245 e. The number of halogens is 2. The predicted molar refractivity (Wildman–Crippen MR) is 95.0 cm³/mol. The van der Waals surface area contributed by atoms with Crippen LogP contribution < -0.4 is 10.1 Å². The molecule has 3 rings (SSSR count). The summed E-state index contributed by atoms with van der Waals surface area (Å²) in [5.74, 6) is -1.21. The van der Waals surface area contributed by atoms with Gasteiger partial charge in [-0.05, 0) is 42.3 Å². The highest BCUT2D eigenvalue weighted by atomic mass is 19.1. The minimum Gasteiger partial charge on any atom is -0.497 e. The normalized spacial score (nSPS) is 16.5. The molecule has 7 heteroatoms. The Balaban J connectivity index is 1.56. The van der Waals surface area contributed by atoms with E-state index in [1.165, 1.54) is 0 Å². The molecular formula is C20H20F2N2O3. The van der Waals surface area contributed by atoms with E-state index >= 15 is 0 Å². The molecule has 1 aliphatic rings. The minimum absolute atomic E-state index is 0.0342. The molecular weight excluding hydrogens is 354 g/mol. The number of ether oxygens (including phenoxy) is 1. The van der Waals surface area contributed by atoms with Crippen molar-refractivity contribution >= 4 is 11.8 Å². The minimum atomic E-state index is -0.648. The zero-order valence-corrected chi connectivity index (χ0v) is 14.9. The second-order valence-corrected chi connectivity index (χ2v) is 6.43. The maximum Gasteiger partial charge on any atom is 0.245 e. The first kappa shape index (κ1) is 18.8. The number of hydrogen-bond donors (Lipinski definition) is 1. The number of amides is 2. The van der Waals surface area contributed by atoms with Crippen molar-refractivity contribution in [2.24, 2.45) is 0 Å². The van der Waals surface area contributed by atoms with Crippen LogP contribution in [0.25, 0.3) is 0 Å². The van der Waals surface area contributed by atoms with Crippen LogP contribution in [0.15, 0.2) is 42.5 Å². The monoisotopic (exact) mass is 374 g/mol. The van der Waals surface area contributed by atoms with E-state index < -0.39 is 23.6 Å². The molecule has 2 amide bonds. The number of hydrogen-bond acceptors (Lipinski definition) is 3. The SMILES string of the molecule is COc1ccc(CN2CCC(NC(=O)Cc3cc(F)ccc3F)C2=O)cc1. The summed E-state index contributed by atoms with van der Waals surface area (Å²) in [5, 5.41) is 2.62. The number of carbonyl (C=O) groups is 2. The first-order valence-corrected chi connectivity index (χ1v) is 8.61. The summed E-state index contributed by atoms with van der Waals surface area (Å²) in [6.45, 7) is 0.956. The zero-order valence-electron chi connectivity index (χ0n) is 14.9. The Morgan fingerprint density at radius 3 is 2.67 bits per heavy atom. The van der Waals surface area contributed by atoms with E-state index in [4.69, 9.17) is 4.74 Å². The standard InChI is InChI=1S/C20H20F2N2O3/c1-27-16-5-2-13(3-6-16)12-24-9-8-18(20(24)26)23-19(25)11-14-10-15(21)4-7-17(14)22/h2-7,10,18H,8-9,11-12H2,1H3,(H,23,25). The van der Waals surface area contributed by atoms with Gasteiger partial charge in [0, 0.05) is 18.7 Å². The van der Waals surface area contributed by atoms with Gasteiger partial charge in [0.2, 0.25) is 11.8 Å². The summed E-state index contributed by atoms with van der Waals surface area (Å²) in [5.41, 5.74) is 0.922. The van der Waals surface area contributed by atoms with Gasteiger partial charge in [-0.1, -0.05) is 12.1 Å². The second kappa shape index (κ2) is 8.16. The third-order valence-corrected chi connectivity index (χ3v) is 4.52. The lowest BCUT2D eigenvalue weighted by Crippen LogP contribution is -2.42. The van der Waals surface area contributed by atoms with Gasteiger partial charge < -0.3 is 15.0 Å². The van der Waals surface area contributed by atoms with E-state index in [1.54, 1.807) is 12.0 Å². The number of benzene rings is 2. The van der Waals surface area contributed by atoms with Gasteiger partial charge in [-0.15, -0.1) is 0 Å². The first-order valence-electron chi connectivity index (χ1n) is 8.61. The molecule has 142 valence electrons. The number of nitrogens with one attached hydrogen (secondary N) is 1. The molecule has 2 aromatic rings. The van der Waals surface area contributed by atoms with Crippen LogP contribution in [-0.2, 0) is 22.6 Å². The molecule has 0 spiro atoms. The molecule has 1 saturated heterocycles. The molecule has 1 aliphatic heterocycles. The summed E-state index contributed by atoms with van der Waals surface area (Å²) in [4.78, 5) is 26.3. The van der Waals surface area contributed by atoms with E-state index in [9.17, 15) is 18.4 Å². The number of likely N-dealkylation sites (tertiary alicyclic amines) is 1. The molecule has 0 saturated carbocycles. The molecule has 0 aromatic heterocycles. The Morgan fingerprint density at radius 2 is 1.96 bits per heavy atom. The predicted octanol–water partition coefficient (Wildman–Crippen LogP) is 2.43. The topological polar surface area (TPSA) is 58.6 Å². The van der Waals surface area contributed by atoms with Gasteiger partial charge in [-0.25, -0.2) is 8.78 Å². The Labute approximate surface area is 155 Å². The van der Waals surface area contributed by atoms with E-state index in [0.29, 0.717) is 19.5 Å². The van der Waals surface area contributed by atoms with Crippen molar-refractivity contribution in [3.8, 4) is 5.75 Å². The van der Waals surface area contributed by atoms with Crippen LogP contribution in [0.1, 0.15) is 17.5 Å². The van der Waals surface area contributed by atoms with Crippen molar-refractivity contribution in [2.75, 3.05) is 13.7 Å². The third-order valence-electron chi connectivity index (χ3n) is 4.52. The van der Waals surface area contributed by atoms with Crippen molar-refractivity contribution in [2.45, 2.75) is 25.4 Å².